The van der Waals surface area contributed by atoms with Crippen molar-refractivity contribution in [1.82, 2.24) is 5.43 Å². The van der Waals surface area contributed by atoms with Crippen LogP contribution < -0.4 is 11.3 Å². The molecule has 16 heavy (non-hydrogen) atoms. The van der Waals surface area contributed by atoms with Crippen LogP contribution in [0.2, 0.25) is 0 Å². The van der Waals surface area contributed by atoms with Gasteiger partial charge in [0.25, 0.3) is 0 Å². The topological polar surface area (TPSA) is 38.0 Å². The van der Waals surface area contributed by atoms with Crippen LogP contribution in [0, 0.1) is 5.92 Å². The molecule has 0 amide bonds. The summed E-state index contributed by atoms with van der Waals surface area (Å²) in [6, 6.07) is 4.86. The molecule has 0 radical (unpaired) electrons. The third kappa shape index (κ3) is 1.91. The monoisotopic (exact) mass is 252 g/mol. The van der Waals surface area contributed by atoms with E-state index < -0.39 is 0 Å². The van der Waals surface area contributed by atoms with Crippen molar-refractivity contribution in [2.75, 3.05) is 0 Å². The summed E-state index contributed by atoms with van der Waals surface area (Å²) in [7, 11) is 0. The number of nitrogens with one attached hydrogen (secondary N) is 1. The molecule has 0 aromatic carbocycles. The van der Waals surface area contributed by atoms with Gasteiger partial charge in [0.05, 0.1) is 6.04 Å². The smallest absolute Gasteiger partial charge is 0.0556 e. The van der Waals surface area contributed by atoms with Crippen LogP contribution in [0.5, 0.6) is 0 Å². The summed E-state index contributed by atoms with van der Waals surface area (Å²) >= 11 is 3.70. The van der Waals surface area contributed by atoms with Crippen molar-refractivity contribution in [3.63, 3.8) is 0 Å². The average Bonchev–Trinajstić information content (AvgIpc) is 2.76. The predicted molar refractivity (Wildman–Crippen MR) is 71.7 cm³/mol. The largest absolute Gasteiger partial charge is 0.271 e. The predicted octanol–water partition coefficient (Wildman–Crippen LogP) is 3.66. The molecule has 0 saturated heterocycles. The van der Waals surface area contributed by atoms with Gasteiger partial charge < -0.3 is 0 Å². The van der Waals surface area contributed by atoms with Crippen LogP contribution in [-0.2, 0) is 0 Å². The molecule has 1 atom stereocenters. The van der Waals surface area contributed by atoms with E-state index in [1.54, 1.807) is 0 Å². The Bertz CT molecular complexity index is 442. The zero-order chi connectivity index (χ0) is 11.0. The van der Waals surface area contributed by atoms with Crippen molar-refractivity contribution >= 4 is 32.1 Å². The molecule has 86 valence electrons. The van der Waals surface area contributed by atoms with Gasteiger partial charge >= 0.3 is 0 Å². The maximum absolute atomic E-state index is 5.68. The van der Waals surface area contributed by atoms with Crippen LogP contribution in [0.15, 0.2) is 17.5 Å². The second kappa shape index (κ2) is 4.45. The fraction of sp³-hybridized carbons (Fsp3) is 0.500. The maximum Gasteiger partial charge on any atom is 0.0556 e. The number of rotatable bonds is 4. The lowest BCUT2D eigenvalue weighted by atomic mass is 9.81. The van der Waals surface area contributed by atoms with Crippen molar-refractivity contribution in [2.24, 2.45) is 11.8 Å². The minimum atomic E-state index is 0.356. The Morgan fingerprint density at radius 3 is 2.94 bits per heavy atom. The van der Waals surface area contributed by atoms with Gasteiger partial charge in [0.2, 0.25) is 0 Å². The van der Waals surface area contributed by atoms with E-state index >= 15 is 0 Å². The van der Waals surface area contributed by atoms with E-state index in [0.29, 0.717) is 6.04 Å². The third-order valence-corrected chi connectivity index (χ3v) is 5.70. The quantitative estimate of drug-likeness (QED) is 0.644. The Morgan fingerprint density at radius 2 is 2.31 bits per heavy atom. The lowest BCUT2D eigenvalue weighted by molar-refractivity contribution is 0.263. The van der Waals surface area contributed by atoms with Gasteiger partial charge in [-0.25, -0.2) is 0 Å². The molecule has 2 aromatic rings. The number of nitrogens with two attached hydrogens (primary N) is 1. The van der Waals surface area contributed by atoms with Crippen molar-refractivity contribution < 1.29 is 0 Å². The van der Waals surface area contributed by atoms with E-state index in [9.17, 15) is 0 Å². The Labute approximate surface area is 103 Å². The van der Waals surface area contributed by atoms with E-state index in [0.717, 1.165) is 5.92 Å². The summed E-state index contributed by atoms with van der Waals surface area (Å²) in [6.45, 7) is 0. The van der Waals surface area contributed by atoms with Crippen molar-refractivity contribution in [3.8, 4) is 0 Å². The first-order chi connectivity index (χ1) is 7.86. The molecule has 3 N–H and O–H groups in total. The van der Waals surface area contributed by atoms with Crippen LogP contribution in [0.4, 0.5) is 0 Å². The zero-order valence-corrected chi connectivity index (χ0v) is 10.7. The highest BCUT2D eigenvalue weighted by Gasteiger charge is 2.23. The molecule has 0 spiro atoms. The molecule has 2 nitrogen and oxygen atoms in total. The second-order valence-corrected chi connectivity index (χ2v) is 6.61. The summed E-state index contributed by atoms with van der Waals surface area (Å²) in [6.07, 6.45) is 5.38. The number of hydrazine groups is 1. The van der Waals surface area contributed by atoms with Gasteiger partial charge in [-0.05, 0) is 29.9 Å². The van der Waals surface area contributed by atoms with E-state index in [-0.39, 0.29) is 0 Å². The molecule has 1 aliphatic carbocycles. The number of thiophene rings is 2. The molecule has 2 aromatic heterocycles. The van der Waals surface area contributed by atoms with Crippen molar-refractivity contribution in [3.05, 3.63) is 22.4 Å². The highest BCUT2D eigenvalue weighted by atomic mass is 32.1. The summed E-state index contributed by atoms with van der Waals surface area (Å²) < 4.78 is 2.79. The van der Waals surface area contributed by atoms with Gasteiger partial charge in [-0.1, -0.05) is 19.3 Å². The van der Waals surface area contributed by atoms with E-state index in [1.165, 1.54) is 40.0 Å². The molecule has 1 fully saturated rings. The number of hydrogen-bond donors (Lipinski definition) is 2. The summed E-state index contributed by atoms with van der Waals surface area (Å²) in [5, 5.41) is 2.15. The van der Waals surface area contributed by atoms with Crippen LogP contribution in [0.25, 0.3) is 9.40 Å². The van der Waals surface area contributed by atoms with Crippen LogP contribution in [0.3, 0.4) is 0 Å². The van der Waals surface area contributed by atoms with Crippen LogP contribution in [-0.4, -0.2) is 0 Å². The molecular weight excluding hydrogens is 236 g/mol. The van der Waals surface area contributed by atoms with Gasteiger partial charge in [0.1, 0.15) is 0 Å². The highest BCUT2D eigenvalue weighted by Crippen LogP contribution is 2.39. The lowest BCUT2D eigenvalue weighted by Gasteiger charge is -2.28. The van der Waals surface area contributed by atoms with E-state index in [2.05, 4.69) is 22.9 Å². The molecular formula is C12H16N2S2. The van der Waals surface area contributed by atoms with Gasteiger partial charge in [-0.15, -0.1) is 22.7 Å². The van der Waals surface area contributed by atoms with Gasteiger partial charge in [-0.3, -0.25) is 11.3 Å². The molecule has 0 bridgehead atoms. The highest BCUT2D eigenvalue weighted by molar-refractivity contribution is 7.26. The van der Waals surface area contributed by atoms with Crippen LogP contribution >= 0.6 is 22.7 Å². The van der Waals surface area contributed by atoms with Gasteiger partial charge in [-0.2, -0.15) is 0 Å². The molecule has 1 unspecified atom stereocenters. The fourth-order valence-corrected chi connectivity index (χ4v) is 4.48. The summed E-state index contributed by atoms with van der Waals surface area (Å²) in [5.41, 5.74) is 2.98. The van der Waals surface area contributed by atoms with E-state index in [4.69, 9.17) is 5.84 Å². The van der Waals surface area contributed by atoms with Gasteiger partial charge in [0.15, 0.2) is 0 Å². The molecule has 0 aliphatic heterocycles. The Morgan fingerprint density at radius 1 is 1.44 bits per heavy atom. The molecule has 3 rings (SSSR count). The molecule has 1 aliphatic rings. The van der Waals surface area contributed by atoms with Gasteiger partial charge in [0, 0.05) is 14.3 Å². The van der Waals surface area contributed by atoms with E-state index in [1.807, 2.05) is 22.7 Å². The number of fused-ring (bicyclic) bond motifs is 1. The van der Waals surface area contributed by atoms with Crippen LogP contribution in [0.1, 0.15) is 36.6 Å². The molecule has 1 saturated carbocycles. The number of hydrogen-bond acceptors (Lipinski definition) is 4. The third-order valence-electron chi connectivity index (χ3n) is 3.50. The first-order valence-corrected chi connectivity index (χ1v) is 7.49. The normalized spacial score (nSPS) is 18.8. The summed E-state index contributed by atoms with van der Waals surface area (Å²) in [4.78, 5) is 1.40. The standard InChI is InChI=1S/C12H16N2S2/c13-14-9(6-8-2-1-3-8)11-7-12-10(16-11)4-5-15-12/h4-5,7-9,14H,1-3,6,13H2. The molecule has 4 heteroatoms. The van der Waals surface area contributed by atoms with Crippen molar-refractivity contribution in [2.45, 2.75) is 31.7 Å². The Hall–Kier alpha value is -0.420. The first kappa shape index (κ1) is 10.7. The fourth-order valence-electron chi connectivity index (χ4n) is 2.28. The SMILES string of the molecule is NNC(CC1CCC1)c1cc2sccc2s1. The Kier molecular flexibility index (Phi) is 2.98. The van der Waals surface area contributed by atoms with Crippen molar-refractivity contribution in [1.29, 1.82) is 0 Å². The Balaban J connectivity index is 1.79. The zero-order valence-electron chi connectivity index (χ0n) is 9.11. The first-order valence-electron chi connectivity index (χ1n) is 5.80. The summed E-state index contributed by atoms with van der Waals surface area (Å²) in [5.74, 6) is 6.57. The lowest BCUT2D eigenvalue weighted by Crippen LogP contribution is -2.30. The minimum absolute atomic E-state index is 0.356. The maximum atomic E-state index is 5.68. The second-order valence-electron chi connectivity index (χ2n) is 4.55. The molecule has 2 heterocycles. The minimum Gasteiger partial charge on any atom is -0.271 e. The average molecular weight is 252 g/mol.